The van der Waals surface area contributed by atoms with Crippen LogP contribution in [0.3, 0.4) is 0 Å². The number of halogens is 1. The summed E-state index contributed by atoms with van der Waals surface area (Å²) in [6, 6.07) is 10.8. The molecular weight excluding hydrogens is 652 g/mol. The van der Waals surface area contributed by atoms with Gasteiger partial charge in [0.1, 0.15) is 11.4 Å². The number of nitrogens with one attached hydrogen (secondary N) is 2. The Kier molecular flexibility index (Phi) is 9.02. The highest BCUT2D eigenvalue weighted by Gasteiger charge is 2.45. The maximum atomic E-state index is 14.8. The van der Waals surface area contributed by atoms with Crippen LogP contribution in [0, 0.1) is 11.8 Å². The molecule has 2 fully saturated rings. The van der Waals surface area contributed by atoms with Gasteiger partial charge in [-0.2, -0.15) is 0 Å². The number of fused-ring (bicyclic) bond motifs is 4. The highest BCUT2D eigenvalue weighted by atomic mass is 35.5. The normalized spacial score (nSPS) is 31.3. The molecule has 5 atom stereocenters. The van der Waals surface area contributed by atoms with Crippen molar-refractivity contribution < 1.29 is 28.0 Å². The summed E-state index contributed by atoms with van der Waals surface area (Å²) >= 11 is 6.45. The number of aryl methyl sites for hydroxylation is 1. The lowest BCUT2D eigenvalue weighted by Crippen LogP contribution is -2.49. The van der Waals surface area contributed by atoms with Gasteiger partial charge in [0.05, 0.1) is 29.9 Å². The first-order chi connectivity index (χ1) is 23.0. The van der Waals surface area contributed by atoms with Crippen LogP contribution in [0.15, 0.2) is 57.8 Å². The Morgan fingerprint density at radius 2 is 1.98 bits per heavy atom. The number of anilines is 1. The largest absolute Gasteiger partial charge is 0.490 e. The Labute approximate surface area is 288 Å². The van der Waals surface area contributed by atoms with Crippen molar-refractivity contribution in [1.82, 2.24) is 10.0 Å². The summed E-state index contributed by atoms with van der Waals surface area (Å²) < 4.78 is 40.2. The quantitative estimate of drug-likeness (QED) is 0.381. The lowest BCUT2D eigenvalue weighted by molar-refractivity contribution is -0.137. The molecule has 2 aliphatic heterocycles. The zero-order chi connectivity index (χ0) is 33.7. The van der Waals surface area contributed by atoms with Crippen molar-refractivity contribution in [2.24, 2.45) is 16.2 Å². The Bertz CT molecular complexity index is 1750. The predicted molar refractivity (Wildman–Crippen MR) is 185 cm³/mol. The van der Waals surface area contributed by atoms with Crippen LogP contribution >= 0.6 is 11.6 Å². The summed E-state index contributed by atoms with van der Waals surface area (Å²) in [5, 5.41) is 3.56. The van der Waals surface area contributed by atoms with E-state index in [4.69, 9.17) is 25.8 Å². The molecule has 10 nitrogen and oxygen atoms in total. The number of hydrogen-bond acceptors (Lipinski definition) is 7. The van der Waals surface area contributed by atoms with Crippen molar-refractivity contribution >= 4 is 39.1 Å². The third-order valence-corrected chi connectivity index (χ3v) is 12.7. The molecule has 2 saturated carbocycles. The highest BCUT2D eigenvalue weighted by molar-refractivity contribution is 7.92. The molecule has 2 aromatic rings. The first kappa shape index (κ1) is 33.4. The minimum absolute atomic E-state index is 0.0215. The number of methoxy groups -OCH3 is 1. The van der Waals surface area contributed by atoms with E-state index in [0.29, 0.717) is 30.7 Å². The summed E-state index contributed by atoms with van der Waals surface area (Å²) in [4.78, 5) is 29.3. The van der Waals surface area contributed by atoms with Gasteiger partial charge in [-0.05, 0) is 112 Å². The molecule has 48 heavy (non-hydrogen) atoms. The number of nitrogens with zero attached hydrogens (tertiary/aromatic N) is 2. The molecule has 0 radical (unpaired) electrons. The van der Waals surface area contributed by atoms with Gasteiger partial charge < -0.3 is 24.4 Å². The van der Waals surface area contributed by atoms with Crippen molar-refractivity contribution in [3.05, 3.63) is 64.7 Å². The van der Waals surface area contributed by atoms with E-state index in [-0.39, 0.29) is 29.1 Å². The maximum absolute atomic E-state index is 14.8. The van der Waals surface area contributed by atoms with Gasteiger partial charge in [0.25, 0.3) is 5.91 Å². The summed E-state index contributed by atoms with van der Waals surface area (Å²) in [5.41, 5.74) is 1.59. The smallest absolute Gasteiger partial charge is 0.327 e. The molecule has 0 aromatic heterocycles. The number of carbonyl (C=O) groups excluding carboxylic acids is 2. The van der Waals surface area contributed by atoms with Crippen LogP contribution in [0.1, 0.15) is 63.5 Å². The molecule has 3 amide bonds. The number of ether oxygens (including phenoxy) is 3. The zero-order valence-electron chi connectivity index (χ0n) is 27.8. The van der Waals surface area contributed by atoms with Gasteiger partial charge >= 0.3 is 6.03 Å². The first-order valence-corrected chi connectivity index (χ1v) is 18.9. The molecule has 2 heterocycles. The fourth-order valence-electron chi connectivity index (χ4n) is 7.64. The van der Waals surface area contributed by atoms with Crippen LogP contribution in [0.4, 0.5) is 10.5 Å². The van der Waals surface area contributed by atoms with Crippen LogP contribution < -0.4 is 19.7 Å². The van der Waals surface area contributed by atoms with E-state index >= 15 is 0 Å². The molecule has 1 spiro atoms. The van der Waals surface area contributed by atoms with Crippen molar-refractivity contribution in [3.63, 3.8) is 0 Å². The highest BCUT2D eigenvalue weighted by Crippen LogP contribution is 2.47. The van der Waals surface area contributed by atoms with Crippen molar-refractivity contribution in [3.8, 4) is 5.75 Å². The van der Waals surface area contributed by atoms with Gasteiger partial charge in [0.2, 0.25) is 0 Å². The van der Waals surface area contributed by atoms with Gasteiger partial charge in [-0.1, -0.05) is 29.8 Å². The number of carbonyl (C=O) groups is 2. The second-order valence-electron chi connectivity index (χ2n) is 14.5. The van der Waals surface area contributed by atoms with Gasteiger partial charge in [-0.3, -0.25) is 4.79 Å². The zero-order valence-corrected chi connectivity index (χ0v) is 29.4. The fraction of sp³-hybridized carbons (Fsp3) is 0.556. The first-order valence-electron chi connectivity index (χ1n) is 17.0. The summed E-state index contributed by atoms with van der Waals surface area (Å²) in [6.45, 7) is 5.24. The molecular formula is C36H45ClN4O6S. The molecule has 2 aromatic carbocycles. The number of benzene rings is 2. The molecule has 0 saturated heterocycles. The summed E-state index contributed by atoms with van der Waals surface area (Å²) in [6.07, 6.45) is 10.5. The second kappa shape index (κ2) is 13.0. The minimum atomic E-state index is -3.78. The van der Waals surface area contributed by atoms with Gasteiger partial charge in [0, 0.05) is 36.7 Å². The molecule has 0 unspecified atom stereocenters. The molecule has 258 valence electrons. The van der Waals surface area contributed by atoms with E-state index in [0.717, 1.165) is 62.2 Å². The molecule has 5 aliphatic rings. The molecule has 12 heteroatoms. The molecule has 3 aliphatic carbocycles. The minimum Gasteiger partial charge on any atom is -0.490 e. The van der Waals surface area contributed by atoms with Crippen molar-refractivity contribution in [2.45, 2.75) is 86.9 Å². The average molecular weight is 697 g/mol. The van der Waals surface area contributed by atoms with Gasteiger partial charge in [-0.25, -0.2) is 13.7 Å². The third kappa shape index (κ3) is 6.58. The van der Waals surface area contributed by atoms with Gasteiger partial charge in [-0.15, -0.1) is 4.36 Å². The van der Waals surface area contributed by atoms with E-state index in [9.17, 15) is 13.8 Å². The Balaban J connectivity index is 1.35. The molecule has 2 bridgehead atoms. The monoisotopic (exact) mass is 696 g/mol. The standard InChI is InChI=1S/C36H45ClN4O6S/c1-35(2)33(42)39-48(44,40-34(43)38-26-10-11-26)27-12-15-32-30(19-27)41(20-24-8-13-28(24)31(45-3)7-5-17-47-35)21-36(22-46-32)16-4-6-23-18-25(37)9-14-29(23)36/h5,7,9,12,14-15,18-19,24,26,28,31H,4,6,8,10-11,13,16-17,20-22H2,1-3H3,(H2,38,39,40,42,43,44)/t24-,28+,31-,36-,48-/m0/s1. The maximum Gasteiger partial charge on any atom is 0.327 e. The summed E-state index contributed by atoms with van der Waals surface area (Å²) in [5.74, 6) is 0.561. The lowest BCUT2D eigenvalue weighted by Gasteiger charge is -2.46. The average Bonchev–Trinajstić information content (AvgIpc) is 3.87. The van der Waals surface area contributed by atoms with E-state index in [1.165, 1.54) is 11.1 Å². The van der Waals surface area contributed by atoms with E-state index in [2.05, 4.69) is 31.4 Å². The SMILES string of the molecule is CO[C@H]1C=CCOC(C)(C)C(=O)N=[S@](=O)(NC(=O)NC2CC2)c2ccc3c(c2)N(C[C@@H]2CC[C@H]21)C[C@@]1(CCCc2cc(Cl)ccc21)CO3. The van der Waals surface area contributed by atoms with Crippen LogP contribution in [-0.2, 0) is 36.0 Å². The molecule has 2 N–H and O–H groups in total. The van der Waals surface area contributed by atoms with Crippen LogP contribution in [0.25, 0.3) is 0 Å². The lowest BCUT2D eigenvalue weighted by atomic mass is 9.68. The van der Waals surface area contributed by atoms with Crippen molar-refractivity contribution in [1.29, 1.82) is 0 Å². The fourth-order valence-corrected chi connectivity index (χ4v) is 9.39. The Hall–Kier alpha value is -3.12. The van der Waals surface area contributed by atoms with E-state index in [1.54, 1.807) is 39.2 Å². The van der Waals surface area contributed by atoms with Crippen LogP contribution in [0.5, 0.6) is 5.75 Å². The second-order valence-corrected chi connectivity index (χ2v) is 16.8. The Morgan fingerprint density at radius 1 is 1.15 bits per heavy atom. The topological polar surface area (TPSA) is 119 Å². The van der Waals surface area contributed by atoms with Gasteiger partial charge in [0.15, 0.2) is 9.92 Å². The summed E-state index contributed by atoms with van der Waals surface area (Å²) in [7, 11) is -2.04. The predicted octanol–water partition coefficient (Wildman–Crippen LogP) is 5.95. The Morgan fingerprint density at radius 3 is 2.73 bits per heavy atom. The number of rotatable bonds is 3. The van der Waals surface area contributed by atoms with Crippen LogP contribution in [-0.4, -0.2) is 67.3 Å². The van der Waals surface area contributed by atoms with E-state index < -0.39 is 27.5 Å². The van der Waals surface area contributed by atoms with Crippen LogP contribution in [0.2, 0.25) is 5.02 Å². The van der Waals surface area contributed by atoms with Crippen molar-refractivity contribution in [2.75, 3.05) is 38.3 Å². The number of urea groups is 1. The third-order valence-electron chi connectivity index (χ3n) is 10.7. The number of amides is 3. The van der Waals surface area contributed by atoms with E-state index in [1.807, 2.05) is 18.2 Å². The number of hydrogen-bond donors (Lipinski definition) is 2. The molecule has 7 rings (SSSR count).